The zero-order chi connectivity index (χ0) is 22.8. The Morgan fingerprint density at radius 1 is 1.09 bits per heavy atom. The zero-order valence-electron chi connectivity index (χ0n) is 18.9. The molecule has 1 fully saturated rings. The highest BCUT2D eigenvalue weighted by Crippen LogP contribution is 2.31. The summed E-state index contributed by atoms with van der Waals surface area (Å²) in [4.78, 5) is 30.1. The van der Waals surface area contributed by atoms with Crippen LogP contribution in [0.5, 0.6) is 0 Å². The van der Waals surface area contributed by atoms with Crippen LogP contribution in [0.3, 0.4) is 0 Å². The van der Waals surface area contributed by atoms with Crippen molar-refractivity contribution in [2.75, 3.05) is 51.3 Å². The van der Waals surface area contributed by atoms with Crippen molar-refractivity contribution in [2.45, 2.75) is 18.9 Å². The van der Waals surface area contributed by atoms with Crippen LogP contribution in [0, 0.1) is 0 Å². The molecule has 1 N–H and O–H groups in total. The number of nitrogens with zero attached hydrogens (tertiary/aromatic N) is 2. The second-order valence-corrected chi connectivity index (χ2v) is 8.77. The van der Waals surface area contributed by atoms with Gasteiger partial charge in [-0.15, -0.1) is 0 Å². The molecule has 1 saturated heterocycles. The van der Waals surface area contributed by atoms with Gasteiger partial charge in [0, 0.05) is 44.3 Å². The largest absolute Gasteiger partial charge is 0.422 e. The van der Waals surface area contributed by atoms with E-state index in [1.807, 2.05) is 12.1 Å². The molecule has 3 aromatic rings. The molecule has 2 aromatic carbocycles. The van der Waals surface area contributed by atoms with Gasteiger partial charge >= 0.3 is 5.63 Å². The first-order valence-electron chi connectivity index (χ1n) is 11.6. The van der Waals surface area contributed by atoms with Crippen LogP contribution < -0.4 is 15.8 Å². The first kappa shape index (κ1) is 21.7. The second-order valence-electron chi connectivity index (χ2n) is 8.77. The van der Waals surface area contributed by atoms with Gasteiger partial charge in [-0.05, 0) is 42.2 Å². The van der Waals surface area contributed by atoms with Gasteiger partial charge in [-0.2, -0.15) is 0 Å². The smallest absolute Gasteiger partial charge is 0.349 e. The monoisotopic (exact) mass is 447 g/mol. The predicted octanol–water partition coefficient (Wildman–Crippen LogP) is 2.98. The van der Waals surface area contributed by atoms with Gasteiger partial charge in [-0.25, -0.2) is 4.79 Å². The van der Waals surface area contributed by atoms with Crippen LogP contribution in [-0.4, -0.2) is 57.2 Å². The number of fused-ring (bicyclic) bond motifs is 2. The first-order valence-corrected chi connectivity index (χ1v) is 11.6. The maximum absolute atomic E-state index is 13.0. The van der Waals surface area contributed by atoms with Crippen molar-refractivity contribution in [3.8, 4) is 0 Å². The van der Waals surface area contributed by atoms with Crippen LogP contribution in [0.2, 0.25) is 0 Å². The molecule has 0 radical (unpaired) electrons. The minimum Gasteiger partial charge on any atom is -0.422 e. The number of para-hydroxylation sites is 1. The summed E-state index contributed by atoms with van der Waals surface area (Å²) in [7, 11) is 2.13. The van der Waals surface area contributed by atoms with E-state index < -0.39 is 11.5 Å². The van der Waals surface area contributed by atoms with Crippen LogP contribution in [0.25, 0.3) is 11.0 Å². The number of benzene rings is 2. The maximum Gasteiger partial charge on any atom is 0.349 e. The van der Waals surface area contributed by atoms with E-state index in [1.54, 1.807) is 18.2 Å². The maximum atomic E-state index is 13.0. The number of amides is 1. The predicted molar refractivity (Wildman–Crippen MR) is 128 cm³/mol. The van der Waals surface area contributed by atoms with E-state index in [1.165, 1.54) is 16.8 Å². The lowest BCUT2D eigenvalue weighted by Crippen LogP contribution is -2.44. The Hall–Kier alpha value is -3.16. The number of rotatable bonds is 5. The van der Waals surface area contributed by atoms with Gasteiger partial charge in [0.1, 0.15) is 11.1 Å². The Bertz CT molecular complexity index is 1220. The lowest BCUT2D eigenvalue weighted by Gasteiger charge is -2.36. The Kier molecular flexibility index (Phi) is 6.15. The van der Waals surface area contributed by atoms with Gasteiger partial charge in [0.15, 0.2) is 0 Å². The third-order valence-corrected chi connectivity index (χ3v) is 6.67. The number of aryl methyl sites for hydroxylation is 1. The van der Waals surface area contributed by atoms with Gasteiger partial charge in [0.05, 0.1) is 19.3 Å². The fourth-order valence-electron chi connectivity index (χ4n) is 4.86. The highest BCUT2D eigenvalue weighted by Gasteiger charge is 2.26. The lowest BCUT2D eigenvalue weighted by atomic mass is 9.95. The van der Waals surface area contributed by atoms with Crippen LogP contribution in [0.15, 0.2) is 57.7 Å². The van der Waals surface area contributed by atoms with Gasteiger partial charge in [0.25, 0.3) is 5.91 Å². The summed E-state index contributed by atoms with van der Waals surface area (Å²) in [6.07, 6.45) is 2.21. The van der Waals surface area contributed by atoms with E-state index in [-0.39, 0.29) is 11.6 Å². The van der Waals surface area contributed by atoms with Crippen LogP contribution in [-0.2, 0) is 11.2 Å². The molecule has 7 nitrogen and oxygen atoms in total. The number of nitrogens with one attached hydrogen (secondary N) is 1. The van der Waals surface area contributed by atoms with Crippen molar-refractivity contribution in [1.82, 2.24) is 10.2 Å². The standard InChI is InChI=1S/C26H29N3O4/c1-28-10-4-6-18-15-19(8-9-22(18)28)23(29-11-13-32-14-12-29)17-27-25(30)21-16-20-5-2-3-7-24(20)33-26(21)31/h2-3,5,7-9,15-16,23H,4,6,10-14,17H2,1H3,(H,27,30)/t23-/m1/s1. The molecule has 0 spiro atoms. The first-order chi connectivity index (χ1) is 16.1. The molecule has 2 aliphatic rings. The number of morpholine rings is 1. The number of hydrogen-bond acceptors (Lipinski definition) is 6. The fourth-order valence-corrected chi connectivity index (χ4v) is 4.86. The number of anilines is 1. The normalized spacial score (nSPS) is 17.5. The molecule has 1 amide bonds. The molecule has 3 heterocycles. The molecule has 0 aliphatic carbocycles. The average Bonchev–Trinajstić information content (AvgIpc) is 2.84. The summed E-state index contributed by atoms with van der Waals surface area (Å²) in [6, 6.07) is 15.4. The summed E-state index contributed by atoms with van der Waals surface area (Å²) in [5, 5.41) is 3.72. The van der Waals surface area contributed by atoms with Gasteiger partial charge in [0.2, 0.25) is 0 Å². The Balaban J connectivity index is 1.40. The third-order valence-electron chi connectivity index (χ3n) is 6.67. The van der Waals surface area contributed by atoms with Crippen molar-refractivity contribution in [2.24, 2.45) is 0 Å². The summed E-state index contributed by atoms with van der Waals surface area (Å²) < 4.78 is 10.9. The van der Waals surface area contributed by atoms with E-state index >= 15 is 0 Å². The Morgan fingerprint density at radius 3 is 2.76 bits per heavy atom. The summed E-state index contributed by atoms with van der Waals surface area (Å²) in [5.74, 6) is -0.412. The number of ether oxygens (including phenoxy) is 1. The summed E-state index contributed by atoms with van der Waals surface area (Å²) in [5.41, 5.74) is 3.69. The average molecular weight is 448 g/mol. The van der Waals surface area contributed by atoms with E-state index in [0.717, 1.165) is 37.9 Å². The molecule has 172 valence electrons. The molecule has 0 unspecified atom stereocenters. The fraction of sp³-hybridized carbons (Fsp3) is 0.385. The van der Waals surface area contributed by atoms with Gasteiger partial charge in [-0.3, -0.25) is 9.69 Å². The highest BCUT2D eigenvalue weighted by molar-refractivity contribution is 5.96. The number of carbonyl (C=O) groups excluding carboxylic acids is 1. The summed E-state index contributed by atoms with van der Waals surface area (Å²) in [6.45, 7) is 4.42. The lowest BCUT2D eigenvalue weighted by molar-refractivity contribution is 0.0162. The van der Waals surface area contributed by atoms with Gasteiger partial charge < -0.3 is 19.4 Å². The highest BCUT2D eigenvalue weighted by atomic mass is 16.5. The van der Waals surface area contributed by atoms with Crippen LogP contribution in [0.4, 0.5) is 5.69 Å². The van der Waals surface area contributed by atoms with Crippen molar-refractivity contribution >= 4 is 22.6 Å². The molecule has 0 bridgehead atoms. The quantitative estimate of drug-likeness (QED) is 0.606. The Morgan fingerprint density at radius 2 is 1.91 bits per heavy atom. The topological polar surface area (TPSA) is 75.0 Å². The molecule has 1 aromatic heterocycles. The van der Waals surface area contributed by atoms with Crippen molar-refractivity contribution in [3.63, 3.8) is 0 Å². The Labute approximate surface area is 192 Å². The van der Waals surface area contributed by atoms with Crippen molar-refractivity contribution < 1.29 is 13.9 Å². The zero-order valence-corrected chi connectivity index (χ0v) is 18.9. The van der Waals surface area contributed by atoms with Crippen molar-refractivity contribution in [1.29, 1.82) is 0 Å². The minimum atomic E-state index is -0.619. The molecule has 2 aliphatic heterocycles. The van der Waals surface area contributed by atoms with E-state index in [9.17, 15) is 9.59 Å². The molecular formula is C26H29N3O4. The second kappa shape index (κ2) is 9.37. The molecule has 33 heavy (non-hydrogen) atoms. The number of carbonyl (C=O) groups is 1. The van der Waals surface area contributed by atoms with Crippen molar-refractivity contribution in [3.05, 3.63) is 75.6 Å². The molecule has 7 heteroatoms. The van der Waals surface area contributed by atoms with Crippen LogP contribution in [0.1, 0.15) is 33.9 Å². The van der Waals surface area contributed by atoms with E-state index in [2.05, 4.69) is 40.4 Å². The van der Waals surface area contributed by atoms with E-state index in [0.29, 0.717) is 25.3 Å². The summed E-state index contributed by atoms with van der Waals surface area (Å²) >= 11 is 0. The SMILES string of the molecule is CN1CCCc2cc([C@@H](CNC(=O)c3cc4ccccc4oc3=O)N3CCOCC3)ccc21. The molecule has 0 saturated carbocycles. The molecule has 1 atom stereocenters. The minimum absolute atomic E-state index is 0.00267. The molecule has 5 rings (SSSR count). The van der Waals surface area contributed by atoms with Crippen LogP contribution >= 0.6 is 0 Å². The third kappa shape index (κ3) is 4.51. The van der Waals surface area contributed by atoms with E-state index in [4.69, 9.17) is 9.15 Å². The molecular weight excluding hydrogens is 418 g/mol. The number of hydrogen-bond donors (Lipinski definition) is 1. The van der Waals surface area contributed by atoms with Gasteiger partial charge in [-0.1, -0.05) is 30.3 Å².